The first kappa shape index (κ1) is 19.2. The Morgan fingerprint density at radius 2 is 2.00 bits per heavy atom. The minimum Gasteiger partial charge on any atom is -0.486 e. The molecule has 0 aliphatic carbocycles. The van der Waals surface area contributed by atoms with Crippen LogP contribution in [-0.4, -0.2) is 58.6 Å². The number of benzene rings is 1. The van der Waals surface area contributed by atoms with E-state index in [1.54, 1.807) is 16.6 Å². The summed E-state index contributed by atoms with van der Waals surface area (Å²) in [5, 5.41) is 8.27. The Morgan fingerprint density at radius 3 is 2.70 bits per heavy atom. The van der Waals surface area contributed by atoms with Gasteiger partial charge in [-0.25, -0.2) is 4.68 Å². The average molecular weight is 373 g/mol. The Hall–Kier alpha value is -2.61. The molecule has 1 aromatic carbocycles. The number of hydrogen-bond acceptors (Lipinski definition) is 6. The molecule has 146 valence electrons. The van der Waals surface area contributed by atoms with Crippen LogP contribution < -0.4 is 15.2 Å². The normalized spacial score (nSPS) is 14.3. The number of rotatable bonds is 6. The first-order valence-electron chi connectivity index (χ1n) is 9.22. The molecule has 1 aliphatic rings. The van der Waals surface area contributed by atoms with E-state index in [1.165, 1.54) is 0 Å². The minimum atomic E-state index is -0.160. The Labute approximate surface area is 159 Å². The molecule has 27 heavy (non-hydrogen) atoms. The van der Waals surface area contributed by atoms with Gasteiger partial charge < -0.3 is 20.1 Å². The smallest absolute Gasteiger partial charge is 0.276 e. The van der Waals surface area contributed by atoms with Crippen LogP contribution in [-0.2, 0) is 0 Å². The van der Waals surface area contributed by atoms with Crippen LogP contribution in [0.2, 0.25) is 0 Å². The molecular weight excluding hydrogens is 346 g/mol. The zero-order chi connectivity index (χ0) is 19.6. The van der Waals surface area contributed by atoms with E-state index < -0.39 is 0 Å². The lowest BCUT2D eigenvalue weighted by Crippen LogP contribution is -2.35. The number of nitrogens with two attached hydrogens (primary N) is 1. The number of fused-ring (bicyclic) bond motifs is 1. The molecule has 8 heteroatoms. The van der Waals surface area contributed by atoms with Crippen LogP contribution in [0.1, 0.15) is 36.5 Å². The number of nitrogens with zero attached hydrogens (tertiary/aromatic N) is 4. The maximum absolute atomic E-state index is 12.7. The van der Waals surface area contributed by atoms with Crippen LogP contribution in [0.15, 0.2) is 18.2 Å². The summed E-state index contributed by atoms with van der Waals surface area (Å²) in [7, 11) is 1.76. The van der Waals surface area contributed by atoms with Crippen molar-refractivity contribution < 1.29 is 14.3 Å². The van der Waals surface area contributed by atoms with E-state index in [2.05, 4.69) is 24.2 Å². The van der Waals surface area contributed by atoms with E-state index in [9.17, 15) is 4.79 Å². The molecule has 1 atom stereocenters. The van der Waals surface area contributed by atoms with Crippen LogP contribution in [0.4, 0.5) is 0 Å². The molecule has 0 fully saturated rings. The van der Waals surface area contributed by atoms with Gasteiger partial charge in [-0.1, -0.05) is 19.1 Å². The lowest BCUT2D eigenvalue weighted by atomic mass is 10.0. The molecule has 0 spiro atoms. The second-order valence-corrected chi connectivity index (χ2v) is 7.19. The van der Waals surface area contributed by atoms with Crippen molar-refractivity contribution in [3.63, 3.8) is 0 Å². The SMILES string of the molecule is Cc1c(C(=O)N(C)CCC(N)C(C)C)nnn1-c1ccc2c(c1)OCCO2. The highest BCUT2D eigenvalue weighted by Gasteiger charge is 2.22. The van der Waals surface area contributed by atoms with Crippen molar-refractivity contribution in [3.05, 3.63) is 29.6 Å². The van der Waals surface area contributed by atoms with Crippen LogP contribution in [0.25, 0.3) is 5.69 Å². The molecule has 1 unspecified atom stereocenters. The van der Waals surface area contributed by atoms with Gasteiger partial charge in [0.15, 0.2) is 17.2 Å². The maximum atomic E-state index is 12.7. The number of aromatic nitrogens is 3. The lowest BCUT2D eigenvalue weighted by molar-refractivity contribution is 0.0782. The van der Waals surface area contributed by atoms with Gasteiger partial charge in [0.1, 0.15) is 13.2 Å². The molecule has 2 heterocycles. The van der Waals surface area contributed by atoms with Crippen LogP contribution >= 0.6 is 0 Å². The highest BCUT2D eigenvalue weighted by Crippen LogP contribution is 2.32. The fourth-order valence-electron chi connectivity index (χ4n) is 2.89. The van der Waals surface area contributed by atoms with Gasteiger partial charge in [0.25, 0.3) is 5.91 Å². The first-order valence-corrected chi connectivity index (χ1v) is 9.22. The zero-order valence-electron chi connectivity index (χ0n) is 16.3. The van der Waals surface area contributed by atoms with Gasteiger partial charge in [0.05, 0.1) is 11.4 Å². The molecule has 1 aromatic heterocycles. The van der Waals surface area contributed by atoms with Gasteiger partial charge >= 0.3 is 0 Å². The first-order chi connectivity index (χ1) is 12.9. The van der Waals surface area contributed by atoms with Gasteiger partial charge in [0.2, 0.25) is 0 Å². The van der Waals surface area contributed by atoms with Gasteiger partial charge in [-0.15, -0.1) is 5.10 Å². The van der Waals surface area contributed by atoms with E-state index in [0.29, 0.717) is 48.6 Å². The Balaban J connectivity index is 1.76. The fraction of sp³-hybridized carbons (Fsp3) is 0.526. The summed E-state index contributed by atoms with van der Waals surface area (Å²) < 4.78 is 12.8. The Bertz CT molecular complexity index is 818. The maximum Gasteiger partial charge on any atom is 0.276 e. The molecule has 0 saturated carbocycles. The van der Waals surface area contributed by atoms with Crippen molar-refractivity contribution in [2.75, 3.05) is 26.8 Å². The van der Waals surface area contributed by atoms with E-state index in [-0.39, 0.29) is 11.9 Å². The van der Waals surface area contributed by atoms with E-state index in [4.69, 9.17) is 15.2 Å². The molecular formula is C19H27N5O3. The van der Waals surface area contributed by atoms with E-state index in [1.807, 2.05) is 25.1 Å². The second kappa shape index (κ2) is 7.96. The fourth-order valence-corrected chi connectivity index (χ4v) is 2.89. The molecule has 1 amide bonds. The zero-order valence-corrected chi connectivity index (χ0v) is 16.3. The molecule has 0 bridgehead atoms. The van der Waals surface area contributed by atoms with Gasteiger partial charge in [-0.2, -0.15) is 0 Å². The molecule has 1 aliphatic heterocycles. The molecule has 2 N–H and O–H groups in total. The van der Waals surface area contributed by atoms with Gasteiger partial charge in [0, 0.05) is 25.7 Å². The van der Waals surface area contributed by atoms with Crippen molar-refractivity contribution in [3.8, 4) is 17.2 Å². The van der Waals surface area contributed by atoms with Crippen LogP contribution in [0.3, 0.4) is 0 Å². The topological polar surface area (TPSA) is 95.5 Å². The quantitative estimate of drug-likeness (QED) is 0.829. The molecule has 3 rings (SSSR count). The Morgan fingerprint density at radius 1 is 1.30 bits per heavy atom. The van der Waals surface area contributed by atoms with Crippen molar-refractivity contribution in [2.45, 2.75) is 33.2 Å². The van der Waals surface area contributed by atoms with Gasteiger partial charge in [-0.3, -0.25) is 4.79 Å². The molecule has 8 nitrogen and oxygen atoms in total. The summed E-state index contributed by atoms with van der Waals surface area (Å²) >= 11 is 0. The average Bonchev–Trinajstić information content (AvgIpc) is 3.05. The number of hydrogen-bond donors (Lipinski definition) is 1. The van der Waals surface area contributed by atoms with Crippen molar-refractivity contribution >= 4 is 5.91 Å². The number of carbonyl (C=O) groups is 1. The van der Waals surface area contributed by atoms with Crippen molar-refractivity contribution in [1.82, 2.24) is 19.9 Å². The van der Waals surface area contributed by atoms with Crippen molar-refractivity contribution in [2.24, 2.45) is 11.7 Å². The Kier molecular flexibility index (Phi) is 5.65. The summed E-state index contributed by atoms with van der Waals surface area (Å²) in [5.41, 5.74) is 7.86. The summed E-state index contributed by atoms with van der Waals surface area (Å²) in [4.78, 5) is 14.4. The summed E-state index contributed by atoms with van der Waals surface area (Å²) in [6.45, 7) is 7.62. The molecule has 0 saturated heterocycles. The van der Waals surface area contributed by atoms with Crippen molar-refractivity contribution in [1.29, 1.82) is 0 Å². The third-order valence-electron chi connectivity index (χ3n) is 4.87. The summed E-state index contributed by atoms with van der Waals surface area (Å²) in [6.07, 6.45) is 0.745. The minimum absolute atomic E-state index is 0.0646. The summed E-state index contributed by atoms with van der Waals surface area (Å²) in [5.74, 6) is 1.60. The monoisotopic (exact) mass is 373 g/mol. The lowest BCUT2D eigenvalue weighted by Gasteiger charge is -2.21. The third-order valence-corrected chi connectivity index (χ3v) is 4.87. The molecule has 2 aromatic rings. The predicted molar refractivity (Wildman–Crippen MR) is 101 cm³/mol. The second-order valence-electron chi connectivity index (χ2n) is 7.19. The highest BCUT2D eigenvalue weighted by molar-refractivity contribution is 5.93. The largest absolute Gasteiger partial charge is 0.486 e. The molecule has 0 radical (unpaired) electrons. The predicted octanol–water partition coefficient (Wildman–Crippen LogP) is 1.79. The highest BCUT2D eigenvalue weighted by atomic mass is 16.6. The number of ether oxygens (including phenoxy) is 2. The third kappa shape index (κ3) is 4.05. The van der Waals surface area contributed by atoms with E-state index >= 15 is 0 Å². The summed E-state index contributed by atoms with van der Waals surface area (Å²) in [6, 6.07) is 5.62. The number of carbonyl (C=O) groups excluding carboxylic acids is 1. The van der Waals surface area contributed by atoms with Crippen LogP contribution in [0, 0.1) is 12.8 Å². The standard InChI is InChI=1S/C19H27N5O3/c1-12(2)15(20)7-8-23(4)19(25)18-13(3)24(22-21-18)14-5-6-16-17(11-14)27-10-9-26-16/h5-6,11-12,15H,7-10,20H2,1-4H3. The van der Waals surface area contributed by atoms with Crippen LogP contribution in [0.5, 0.6) is 11.5 Å². The van der Waals surface area contributed by atoms with Gasteiger partial charge in [-0.05, 0) is 31.4 Å². The number of amides is 1. The van der Waals surface area contributed by atoms with E-state index in [0.717, 1.165) is 12.1 Å².